The summed E-state index contributed by atoms with van der Waals surface area (Å²) < 4.78 is 0. The third-order valence-electron chi connectivity index (χ3n) is 1.58. The van der Waals surface area contributed by atoms with Crippen LogP contribution in [0.3, 0.4) is 0 Å². The van der Waals surface area contributed by atoms with Crippen molar-refractivity contribution in [1.29, 1.82) is 0 Å². The lowest BCUT2D eigenvalue weighted by molar-refractivity contribution is -0.127. The Kier molecular flexibility index (Phi) is 1.71. The van der Waals surface area contributed by atoms with Crippen molar-refractivity contribution in [2.75, 3.05) is 13.1 Å². The molecule has 9 heavy (non-hydrogen) atoms. The van der Waals surface area contributed by atoms with E-state index in [1.54, 1.807) is 4.90 Å². The van der Waals surface area contributed by atoms with Gasteiger partial charge in [-0.1, -0.05) is 0 Å². The van der Waals surface area contributed by atoms with Crippen molar-refractivity contribution in [3.63, 3.8) is 0 Å². The number of hydrogen-bond acceptors (Lipinski definition) is 2. The molecule has 1 heterocycles. The Morgan fingerprint density at radius 2 is 2.56 bits per heavy atom. The molecule has 52 valence electrons. The van der Waals surface area contributed by atoms with Gasteiger partial charge in [0.1, 0.15) is 0 Å². The number of rotatable bonds is 1. The van der Waals surface area contributed by atoms with Crippen molar-refractivity contribution in [2.45, 2.75) is 19.4 Å². The molecule has 1 atom stereocenters. The molecule has 1 amide bonds. The fourth-order valence-corrected chi connectivity index (χ4v) is 1.06. The first-order valence-corrected chi connectivity index (χ1v) is 3.20. The van der Waals surface area contributed by atoms with E-state index >= 15 is 0 Å². The Morgan fingerprint density at radius 3 is 2.78 bits per heavy atom. The fourth-order valence-electron chi connectivity index (χ4n) is 1.06. The predicted octanol–water partition coefficient (Wildman–Crippen LogP) is -0.401. The van der Waals surface area contributed by atoms with Crippen LogP contribution in [-0.2, 0) is 4.79 Å². The van der Waals surface area contributed by atoms with Crippen LogP contribution in [0.1, 0.15) is 13.3 Å². The van der Waals surface area contributed by atoms with Gasteiger partial charge in [-0.25, -0.2) is 0 Å². The normalized spacial score (nSPS) is 27.6. The molecule has 0 aromatic carbocycles. The maximum atomic E-state index is 10.8. The average Bonchev–Trinajstić information content (AvgIpc) is 2.10. The fraction of sp³-hybridized carbons (Fsp3) is 0.833. The highest BCUT2D eigenvalue weighted by molar-refractivity contribution is 5.78. The van der Waals surface area contributed by atoms with Crippen LogP contribution in [0.25, 0.3) is 0 Å². The van der Waals surface area contributed by atoms with Crippen LogP contribution in [0.4, 0.5) is 0 Å². The van der Waals surface area contributed by atoms with Gasteiger partial charge in [-0.15, -0.1) is 0 Å². The van der Waals surface area contributed by atoms with E-state index in [1.807, 2.05) is 6.92 Å². The summed E-state index contributed by atoms with van der Waals surface area (Å²) in [7, 11) is 0. The zero-order valence-electron chi connectivity index (χ0n) is 5.50. The summed E-state index contributed by atoms with van der Waals surface area (Å²) in [6.45, 7) is 3.15. The molecule has 0 radical (unpaired) electrons. The first kappa shape index (κ1) is 6.55. The van der Waals surface area contributed by atoms with Crippen molar-refractivity contribution in [3.8, 4) is 0 Å². The second-order valence-corrected chi connectivity index (χ2v) is 2.29. The topological polar surface area (TPSA) is 40.5 Å². The molecule has 1 fully saturated rings. The Bertz CT molecular complexity index is 124. The number of carbonyl (C=O) groups excluding carboxylic acids is 1. The Morgan fingerprint density at radius 1 is 1.89 bits per heavy atom. The van der Waals surface area contributed by atoms with E-state index in [0.717, 1.165) is 6.54 Å². The zero-order chi connectivity index (χ0) is 6.85. The highest BCUT2D eigenvalue weighted by atomic mass is 16.3. The van der Waals surface area contributed by atoms with E-state index in [-0.39, 0.29) is 5.91 Å². The maximum absolute atomic E-state index is 10.8. The number of amides is 1. The van der Waals surface area contributed by atoms with Crippen LogP contribution in [0.2, 0.25) is 0 Å². The largest absolute Gasteiger partial charge is 0.391 e. The van der Waals surface area contributed by atoms with Gasteiger partial charge in [-0.2, -0.15) is 0 Å². The summed E-state index contributed by atoms with van der Waals surface area (Å²) >= 11 is 0. The van der Waals surface area contributed by atoms with E-state index in [4.69, 9.17) is 5.11 Å². The van der Waals surface area contributed by atoms with E-state index in [2.05, 4.69) is 0 Å². The number of aliphatic hydroxyl groups excluding tert-OH is 1. The van der Waals surface area contributed by atoms with E-state index in [0.29, 0.717) is 13.0 Å². The molecule has 3 heteroatoms. The van der Waals surface area contributed by atoms with Gasteiger partial charge in [0, 0.05) is 13.1 Å². The number of carbonyl (C=O) groups is 1. The monoisotopic (exact) mass is 129 g/mol. The molecule has 1 saturated heterocycles. The summed E-state index contributed by atoms with van der Waals surface area (Å²) in [6, 6.07) is 0. The molecule has 0 unspecified atom stereocenters. The Hall–Kier alpha value is -0.570. The molecule has 1 aliphatic heterocycles. The van der Waals surface area contributed by atoms with Gasteiger partial charge in [0.2, 0.25) is 5.91 Å². The van der Waals surface area contributed by atoms with Gasteiger partial charge in [0.05, 0.1) is 12.5 Å². The third kappa shape index (κ3) is 1.21. The van der Waals surface area contributed by atoms with Crippen molar-refractivity contribution in [2.24, 2.45) is 0 Å². The van der Waals surface area contributed by atoms with Gasteiger partial charge in [-0.05, 0) is 6.92 Å². The first-order chi connectivity index (χ1) is 4.24. The molecule has 3 nitrogen and oxygen atoms in total. The molecule has 0 spiro atoms. The van der Waals surface area contributed by atoms with Gasteiger partial charge < -0.3 is 10.0 Å². The zero-order valence-corrected chi connectivity index (χ0v) is 5.50. The molecule has 0 saturated carbocycles. The Labute approximate surface area is 54.3 Å². The van der Waals surface area contributed by atoms with E-state index < -0.39 is 6.10 Å². The molecular weight excluding hydrogens is 118 g/mol. The second kappa shape index (κ2) is 2.35. The average molecular weight is 129 g/mol. The molecule has 1 rings (SSSR count). The van der Waals surface area contributed by atoms with Crippen molar-refractivity contribution < 1.29 is 9.90 Å². The summed E-state index contributed by atoms with van der Waals surface area (Å²) in [5, 5.41) is 8.94. The first-order valence-electron chi connectivity index (χ1n) is 3.20. The van der Waals surface area contributed by atoms with Crippen LogP contribution >= 0.6 is 0 Å². The van der Waals surface area contributed by atoms with Crippen molar-refractivity contribution >= 4 is 5.91 Å². The molecule has 0 aliphatic carbocycles. The molecular formula is C6H11NO2. The Balaban J connectivity index is 2.48. The highest BCUT2D eigenvalue weighted by Crippen LogP contribution is 2.08. The molecule has 1 N–H and O–H groups in total. The lowest BCUT2D eigenvalue weighted by Gasteiger charge is -2.10. The number of β-amino-alcohol motifs (C(OH)–C–C–N with tert-alkyl or cyclic N) is 1. The molecule has 0 aromatic heterocycles. The van der Waals surface area contributed by atoms with Gasteiger partial charge in [-0.3, -0.25) is 4.79 Å². The second-order valence-electron chi connectivity index (χ2n) is 2.29. The maximum Gasteiger partial charge on any atom is 0.225 e. The lowest BCUT2D eigenvalue weighted by atomic mass is 10.3. The minimum atomic E-state index is -0.419. The predicted molar refractivity (Wildman–Crippen MR) is 32.9 cm³/mol. The third-order valence-corrected chi connectivity index (χ3v) is 1.58. The van der Waals surface area contributed by atoms with Crippen LogP contribution in [0, 0.1) is 0 Å². The van der Waals surface area contributed by atoms with Crippen LogP contribution < -0.4 is 0 Å². The smallest absolute Gasteiger partial charge is 0.225 e. The minimum Gasteiger partial charge on any atom is -0.391 e. The van der Waals surface area contributed by atoms with Gasteiger partial charge >= 0.3 is 0 Å². The minimum absolute atomic E-state index is 0.0741. The van der Waals surface area contributed by atoms with Crippen LogP contribution in [0.15, 0.2) is 0 Å². The number of hydrogen-bond donors (Lipinski definition) is 1. The van der Waals surface area contributed by atoms with Gasteiger partial charge in [0.15, 0.2) is 0 Å². The van der Waals surface area contributed by atoms with Crippen molar-refractivity contribution in [1.82, 2.24) is 4.90 Å². The molecule has 1 aliphatic rings. The number of likely N-dealkylation sites (N-methyl/N-ethyl adjacent to an activating group) is 1. The number of aliphatic hydroxyl groups is 1. The SMILES string of the molecule is CCN1C[C@H](O)CC1=O. The van der Waals surface area contributed by atoms with Crippen molar-refractivity contribution in [3.05, 3.63) is 0 Å². The summed E-state index contributed by atoms with van der Waals surface area (Å²) in [5.74, 6) is 0.0741. The van der Waals surface area contributed by atoms with E-state index in [9.17, 15) is 4.79 Å². The summed E-state index contributed by atoms with van der Waals surface area (Å²) in [6.07, 6.45) is -0.106. The lowest BCUT2D eigenvalue weighted by Crippen LogP contribution is -2.25. The molecule has 0 bridgehead atoms. The van der Waals surface area contributed by atoms with E-state index in [1.165, 1.54) is 0 Å². The standard InChI is InChI=1S/C6H11NO2/c1-2-7-4-5(8)3-6(7)9/h5,8H,2-4H2,1H3/t5-/m1/s1. The quantitative estimate of drug-likeness (QED) is 0.523. The number of likely N-dealkylation sites (tertiary alicyclic amines) is 1. The van der Waals surface area contributed by atoms with Crippen LogP contribution in [-0.4, -0.2) is 35.1 Å². The van der Waals surface area contributed by atoms with Gasteiger partial charge in [0.25, 0.3) is 0 Å². The summed E-state index contributed by atoms with van der Waals surface area (Å²) in [5.41, 5.74) is 0. The van der Waals surface area contributed by atoms with Crippen LogP contribution in [0.5, 0.6) is 0 Å². The molecule has 0 aromatic rings. The summed E-state index contributed by atoms with van der Waals surface area (Å²) in [4.78, 5) is 12.4. The number of nitrogens with zero attached hydrogens (tertiary/aromatic N) is 1. The highest BCUT2D eigenvalue weighted by Gasteiger charge is 2.25.